The van der Waals surface area contributed by atoms with Crippen molar-refractivity contribution in [2.75, 3.05) is 12.3 Å². The SMILES string of the molecule is CC1CCCN(C(=O)c2ccnc(N)c2)C1C. The van der Waals surface area contributed by atoms with Crippen LogP contribution in [0.4, 0.5) is 5.82 Å². The molecule has 2 atom stereocenters. The number of nitrogens with two attached hydrogens (primary N) is 1. The van der Waals surface area contributed by atoms with Crippen LogP contribution in [0.25, 0.3) is 0 Å². The first-order valence-corrected chi connectivity index (χ1v) is 6.12. The van der Waals surface area contributed by atoms with Crippen LogP contribution in [0.2, 0.25) is 0 Å². The highest BCUT2D eigenvalue weighted by molar-refractivity contribution is 5.95. The number of piperidine rings is 1. The molecule has 0 aliphatic carbocycles. The van der Waals surface area contributed by atoms with Crippen LogP contribution in [0.15, 0.2) is 18.3 Å². The second kappa shape index (κ2) is 4.73. The minimum Gasteiger partial charge on any atom is -0.384 e. The molecule has 1 aromatic heterocycles. The van der Waals surface area contributed by atoms with E-state index in [-0.39, 0.29) is 5.91 Å². The second-order valence-corrected chi connectivity index (χ2v) is 4.83. The monoisotopic (exact) mass is 233 g/mol. The molecule has 0 aromatic carbocycles. The van der Waals surface area contributed by atoms with E-state index in [1.807, 2.05) is 4.90 Å². The molecule has 1 amide bonds. The Morgan fingerprint density at radius 3 is 3.00 bits per heavy atom. The van der Waals surface area contributed by atoms with Gasteiger partial charge in [-0.3, -0.25) is 4.79 Å². The standard InChI is InChI=1S/C13H19N3O/c1-9-4-3-7-16(10(9)2)13(17)11-5-6-15-12(14)8-11/h5-6,8-10H,3-4,7H2,1-2H3,(H2,14,15). The molecule has 1 aliphatic rings. The number of likely N-dealkylation sites (tertiary alicyclic amines) is 1. The zero-order valence-corrected chi connectivity index (χ0v) is 10.4. The molecule has 1 aromatic rings. The van der Waals surface area contributed by atoms with E-state index in [0.717, 1.165) is 13.0 Å². The van der Waals surface area contributed by atoms with Gasteiger partial charge in [-0.05, 0) is 37.8 Å². The van der Waals surface area contributed by atoms with E-state index in [1.165, 1.54) is 6.42 Å². The van der Waals surface area contributed by atoms with E-state index < -0.39 is 0 Å². The first-order chi connectivity index (χ1) is 8.09. The number of carbonyl (C=O) groups excluding carboxylic acids is 1. The lowest BCUT2D eigenvalue weighted by molar-refractivity contribution is 0.0551. The Morgan fingerprint density at radius 1 is 1.53 bits per heavy atom. The van der Waals surface area contributed by atoms with Gasteiger partial charge in [-0.2, -0.15) is 0 Å². The highest BCUT2D eigenvalue weighted by Gasteiger charge is 2.28. The molecule has 0 radical (unpaired) electrons. The fourth-order valence-electron chi connectivity index (χ4n) is 2.37. The maximum Gasteiger partial charge on any atom is 0.254 e. The fraction of sp³-hybridized carbons (Fsp3) is 0.538. The maximum atomic E-state index is 12.4. The van der Waals surface area contributed by atoms with Gasteiger partial charge in [0, 0.05) is 24.3 Å². The Bertz CT molecular complexity index is 419. The molecule has 4 heteroatoms. The summed E-state index contributed by atoms with van der Waals surface area (Å²) < 4.78 is 0. The van der Waals surface area contributed by atoms with Crippen LogP contribution in [0.3, 0.4) is 0 Å². The van der Waals surface area contributed by atoms with Gasteiger partial charge in [0.05, 0.1) is 0 Å². The van der Waals surface area contributed by atoms with Crippen molar-refractivity contribution in [1.82, 2.24) is 9.88 Å². The molecule has 1 aliphatic heterocycles. The van der Waals surface area contributed by atoms with Crippen molar-refractivity contribution in [1.29, 1.82) is 0 Å². The molecule has 1 fully saturated rings. The summed E-state index contributed by atoms with van der Waals surface area (Å²) in [6, 6.07) is 3.67. The van der Waals surface area contributed by atoms with Crippen LogP contribution < -0.4 is 5.73 Å². The smallest absolute Gasteiger partial charge is 0.254 e. The number of rotatable bonds is 1. The Morgan fingerprint density at radius 2 is 2.29 bits per heavy atom. The van der Waals surface area contributed by atoms with Gasteiger partial charge >= 0.3 is 0 Å². The summed E-state index contributed by atoms with van der Waals surface area (Å²) in [5.74, 6) is 1.03. The molecule has 2 rings (SSSR count). The highest BCUT2D eigenvalue weighted by atomic mass is 16.2. The molecular weight excluding hydrogens is 214 g/mol. The summed E-state index contributed by atoms with van der Waals surface area (Å²) in [6.45, 7) is 5.16. The minimum atomic E-state index is 0.0677. The van der Waals surface area contributed by atoms with Gasteiger partial charge in [0.15, 0.2) is 0 Å². The molecule has 1 saturated heterocycles. The third-order valence-electron chi connectivity index (χ3n) is 3.66. The van der Waals surface area contributed by atoms with Crippen LogP contribution in [0.5, 0.6) is 0 Å². The minimum absolute atomic E-state index is 0.0677. The molecule has 0 saturated carbocycles. The number of hydrogen-bond donors (Lipinski definition) is 1. The van der Waals surface area contributed by atoms with E-state index in [0.29, 0.717) is 23.3 Å². The number of nitrogen functional groups attached to an aromatic ring is 1. The summed E-state index contributed by atoms with van der Waals surface area (Å²) >= 11 is 0. The van der Waals surface area contributed by atoms with Crippen molar-refractivity contribution in [3.05, 3.63) is 23.9 Å². The van der Waals surface area contributed by atoms with Crippen molar-refractivity contribution < 1.29 is 4.79 Å². The Kier molecular flexibility index (Phi) is 3.31. The van der Waals surface area contributed by atoms with E-state index >= 15 is 0 Å². The van der Waals surface area contributed by atoms with Crippen molar-refractivity contribution in [3.8, 4) is 0 Å². The molecule has 4 nitrogen and oxygen atoms in total. The van der Waals surface area contributed by atoms with Gasteiger partial charge in [0.1, 0.15) is 5.82 Å². The zero-order chi connectivity index (χ0) is 12.4. The lowest BCUT2D eigenvalue weighted by Gasteiger charge is -2.38. The first kappa shape index (κ1) is 11.9. The predicted molar refractivity (Wildman–Crippen MR) is 67.5 cm³/mol. The van der Waals surface area contributed by atoms with Crippen LogP contribution in [-0.4, -0.2) is 28.4 Å². The number of amides is 1. The molecule has 2 N–H and O–H groups in total. The highest BCUT2D eigenvalue weighted by Crippen LogP contribution is 2.24. The number of anilines is 1. The summed E-state index contributed by atoms with van der Waals surface area (Å²) in [4.78, 5) is 18.2. The quantitative estimate of drug-likeness (QED) is 0.806. The van der Waals surface area contributed by atoms with E-state index in [2.05, 4.69) is 18.8 Å². The molecular formula is C13H19N3O. The van der Waals surface area contributed by atoms with Crippen molar-refractivity contribution in [2.24, 2.45) is 5.92 Å². The van der Waals surface area contributed by atoms with E-state index in [1.54, 1.807) is 18.3 Å². The third kappa shape index (κ3) is 2.40. The Labute approximate surface area is 102 Å². The van der Waals surface area contributed by atoms with Gasteiger partial charge in [-0.25, -0.2) is 4.98 Å². The second-order valence-electron chi connectivity index (χ2n) is 4.83. The number of pyridine rings is 1. The summed E-state index contributed by atoms with van der Waals surface area (Å²) in [7, 11) is 0. The van der Waals surface area contributed by atoms with Crippen LogP contribution in [0, 0.1) is 5.92 Å². The lowest BCUT2D eigenvalue weighted by atomic mass is 9.91. The number of carbonyl (C=O) groups is 1. The van der Waals surface area contributed by atoms with Crippen molar-refractivity contribution in [3.63, 3.8) is 0 Å². The van der Waals surface area contributed by atoms with Gasteiger partial charge in [0.2, 0.25) is 0 Å². The summed E-state index contributed by atoms with van der Waals surface area (Å²) in [5.41, 5.74) is 6.24. The molecule has 17 heavy (non-hydrogen) atoms. The fourth-order valence-corrected chi connectivity index (χ4v) is 2.37. The van der Waals surface area contributed by atoms with Gasteiger partial charge in [-0.1, -0.05) is 6.92 Å². The average molecular weight is 233 g/mol. The molecule has 2 heterocycles. The Hall–Kier alpha value is -1.58. The van der Waals surface area contributed by atoms with Gasteiger partial charge < -0.3 is 10.6 Å². The average Bonchev–Trinajstić information content (AvgIpc) is 2.32. The molecule has 2 unspecified atom stereocenters. The normalized spacial score (nSPS) is 24.7. The third-order valence-corrected chi connectivity index (χ3v) is 3.66. The molecule has 0 spiro atoms. The number of aromatic nitrogens is 1. The molecule has 0 bridgehead atoms. The predicted octanol–water partition coefficient (Wildman–Crippen LogP) is 1.92. The number of hydrogen-bond acceptors (Lipinski definition) is 3. The first-order valence-electron chi connectivity index (χ1n) is 6.12. The Balaban J connectivity index is 2.19. The maximum absolute atomic E-state index is 12.4. The molecule has 92 valence electrons. The van der Waals surface area contributed by atoms with E-state index in [9.17, 15) is 4.79 Å². The van der Waals surface area contributed by atoms with Crippen molar-refractivity contribution in [2.45, 2.75) is 32.7 Å². The van der Waals surface area contributed by atoms with E-state index in [4.69, 9.17) is 5.73 Å². The van der Waals surface area contributed by atoms with Crippen LogP contribution >= 0.6 is 0 Å². The van der Waals surface area contributed by atoms with Crippen molar-refractivity contribution >= 4 is 11.7 Å². The van der Waals surface area contributed by atoms with Crippen LogP contribution in [-0.2, 0) is 0 Å². The number of nitrogens with zero attached hydrogens (tertiary/aromatic N) is 2. The van der Waals surface area contributed by atoms with Crippen LogP contribution in [0.1, 0.15) is 37.0 Å². The van der Waals surface area contributed by atoms with Gasteiger partial charge in [0.25, 0.3) is 5.91 Å². The van der Waals surface area contributed by atoms with Gasteiger partial charge in [-0.15, -0.1) is 0 Å². The summed E-state index contributed by atoms with van der Waals surface area (Å²) in [5, 5.41) is 0. The zero-order valence-electron chi connectivity index (χ0n) is 10.4. The largest absolute Gasteiger partial charge is 0.384 e. The topological polar surface area (TPSA) is 59.2 Å². The lowest BCUT2D eigenvalue weighted by Crippen LogP contribution is -2.46. The summed E-state index contributed by atoms with van der Waals surface area (Å²) in [6.07, 6.45) is 3.86.